The minimum absolute atomic E-state index is 0. The Bertz CT molecular complexity index is 663. The number of benzene rings is 1. The zero-order valence-corrected chi connectivity index (χ0v) is 13.3. The molecule has 0 amide bonds. The van der Waals surface area contributed by atoms with Crippen molar-refractivity contribution in [2.24, 2.45) is 5.92 Å². The third kappa shape index (κ3) is 2.96. The molecule has 2 aliphatic heterocycles. The van der Waals surface area contributed by atoms with Crippen LogP contribution in [0.3, 0.4) is 0 Å². The molecule has 1 aromatic carbocycles. The predicted octanol–water partition coefficient (Wildman–Crippen LogP) is 2.98. The highest BCUT2D eigenvalue weighted by atomic mass is 35.5. The first-order chi connectivity index (χ1) is 10.3. The van der Waals surface area contributed by atoms with E-state index in [1.165, 1.54) is 12.8 Å². The third-order valence-corrected chi connectivity index (χ3v) is 4.88. The quantitative estimate of drug-likeness (QED) is 0.921. The molecule has 2 saturated heterocycles. The Kier molecular flexibility index (Phi) is 4.62. The van der Waals surface area contributed by atoms with Crippen molar-refractivity contribution < 1.29 is 4.39 Å². The number of pyridine rings is 1. The average Bonchev–Trinajstić information content (AvgIpc) is 2.94. The van der Waals surface area contributed by atoms with E-state index < -0.39 is 0 Å². The molecule has 2 atom stereocenters. The lowest BCUT2D eigenvalue weighted by atomic mass is 9.93. The molecule has 2 aliphatic rings. The number of fused-ring (bicyclic) bond motifs is 2. The number of hydrogen-bond donors (Lipinski definition) is 1. The maximum Gasteiger partial charge on any atom is 0.124 e. The van der Waals surface area contributed by atoms with E-state index in [1.54, 1.807) is 18.3 Å². The number of aromatic nitrogens is 1. The van der Waals surface area contributed by atoms with Gasteiger partial charge in [-0.25, -0.2) is 4.39 Å². The SMILES string of the molecule is Cl.Fc1cc(CN2CCC3NCCC3C2)c2ncccc2c1. The standard InChI is InChI=1S/C17H20FN3.ClH/c18-15-8-12-2-1-5-20-17(12)14(9-15)11-21-7-4-16-13(10-21)3-6-19-16;/h1-2,5,8-9,13,16,19H,3-4,6-7,10-11H2;1H. The van der Waals surface area contributed by atoms with Gasteiger partial charge >= 0.3 is 0 Å². The van der Waals surface area contributed by atoms with Crippen LogP contribution in [0.25, 0.3) is 10.9 Å². The lowest BCUT2D eigenvalue weighted by Crippen LogP contribution is -2.43. The van der Waals surface area contributed by atoms with Crippen molar-refractivity contribution in [1.29, 1.82) is 0 Å². The largest absolute Gasteiger partial charge is 0.314 e. The van der Waals surface area contributed by atoms with E-state index in [1.807, 2.05) is 12.1 Å². The van der Waals surface area contributed by atoms with E-state index in [4.69, 9.17) is 0 Å². The van der Waals surface area contributed by atoms with Gasteiger partial charge in [0.15, 0.2) is 0 Å². The van der Waals surface area contributed by atoms with Gasteiger partial charge in [0.2, 0.25) is 0 Å². The van der Waals surface area contributed by atoms with Gasteiger partial charge in [-0.1, -0.05) is 6.07 Å². The summed E-state index contributed by atoms with van der Waals surface area (Å²) in [6, 6.07) is 7.71. The molecule has 2 fully saturated rings. The zero-order chi connectivity index (χ0) is 14.2. The van der Waals surface area contributed by atoms with Crippen LogP contribution in [0.15, 0.2) is 30.5 Å². The molecular weight excluding hydrogens is 301 g/mol. The van der Waals surface area contributed by atoms with Crippen LogP contribution < -0.4 is 5.32 Å². The Morgan fingerprint density at radius 2 is 2.23 bits per heavy atom. The lowest BCUT2D eigenvalue weighted by Gasteiger charge is -2.35. The molecule has 0 radical (unpaired) electrons. The van der Waals surface area contributed by atoms with Gasteiger partial charge in [-0.2, -0.15) is 0 Å². The van der Waals surface area contributed by atoms with Crippen LogP contribution >= 0.6 is 12.4 Å². The topological polar surface area (TPSA) is 28.2 Å². The molecule has 2 unspecified atom stereocenters. The van der Waals surface area contributed by atoms with E-state index in [9.17, 15) is 4.39 Å². The second-order valence-electron chi connectivity index (χ2n) is 6.27. The van der Waals surface area contributed by atoms with E-state index in [0.29, 0.717) is 6.04 Å². The number of likely N-dealkylation sites (tertiary alicyclic amines) is 1. The highest BCUT2D eigenvalue weighted by molar-refractivity contribution is 5.85. The Labute approximate surface area is 136 Å². The predicted molar refractivity (Wildman–Crippen MR) is 88.7 cm³/mol. The third-order valence-electron chi connectivity index (χ3n) is 4.88. The maximum atomic E-state index is 13.8. The van der Waals surface area contributed by atoms with Crippen LogP contribution in [0.4, 0.5) is 4.39 Å². The molecule has 2 aromatic rings. The Balaban J connectivity index is 0.00000144. The first-order valence-corrected chi connectivity index (χ1v) is 7.78. The molecule has 3 heterocycles. The molecule has 3 nitrogen and oxygen atoms in total. The second kappa shape index (κ2) is 6.49. The maximum absolute atomic E-state index is 13.8. The van der Waals surface area contributed by atoms with Gasteiger partial charge in [0.25, 0.3) is 0 Å². The number of hydrogen-bond acceptors (Lipinski definition) is 3. The fraction of sp³-hybridized carbons (Fsp3) is 0.471. The van der Waals surface area contributed by atoms with Crippen molar-refractivity contribution in [1.82, 2.24) is 15.2 Å². The summed E-state index contributed by atoms with van der Waals surface area (Å²) in [5.74, 6) is 0.592. The van der Waals surface area contributed by atoms with Gasteiger partial charge in [0, 0.05) is 30.7 Å². The van der Waals surface area contributed by atoms with Gasteiger partial charge in [-0.15, -0.1) is 12.4 Å². The van der Waals surface area contributed by atoms with Crippen molar-refractivity contribution in [3.63, 3.8) is 0 Å². The van der Waals surface area contributed by atoms with Gasteiger partial charge in [-0.05, 0) is 55.6 Å². The Morgan fingerprint density at radius 3 is 3.14 bits per heavy atom. The molecule has 5 heteroatoms. The van der Waals surface area contributed by atoms with Gasteiger partial charge in [-0.3, -0.25) is 9.88 Å². The highest BCUT2D eigenvalue weighted by Gasteiger charge is 2.32. The van der Waals surface area contributed by atoms with Gasteiger partial charge in [0.1, 0.15) is 5.82 Å². The van der Waals surface area contributed by atoms with Crippen LogP contribution in [-0.4, -0.2) is 35.6 Å². The minimum Gasteiger partial charge on any atom is -0.314 e. The number of nitrogens with one attached hydrogen (secondary N) is 1. The van der Waals surface area contributed by atoms with E-state index in [0.717, 1.165) is 48.6 Å². The van der Waals surface area contributed by atoms with Crippen LogP contribution in [0.2, 0.25) is 0 Å². The van der Waals surface area contributed by atoms with Crippen molar-refractivity contribution in [3.8, 4) is 0 Å². The zero-order valence-electron chi connectivity index (χ0n) is 12.5. The summed E-state index contributed by atoms with van der Waals surface area (Å²) in [4.78, 5) is 6.90. The summed E-state index contributed by atoms with van der Waals surface area (Å²) in [6.07, 6.45) is 4.26. The van der Waals surface area contributed by atoms with Crippen LogP contribution in [0.5, 0.6) is 0 Å². The normalized spacial score (nSPS) is 25.0. The highest BCUT2D eigenvalue weighted by Crippen LogP contribution is 2.27. The summed E-state index contributed by atoms with van der Waals surface area (Å²) >= 11 is 0. The molecule has 118 valence electrons. The van der Waals surface area contributed by atoms with E-state index in [2.05, 4.69) is 15.2 Å². The summed E-state index contributed by atoms with van der Waals surface area (Å²) in [6.45, 7) is 4.14. The average molecular weight is 322 g/mol. The molecule has 4 rings (SSSR count). The number of halogens is 2. The molecule has 0 saturated carbocycles. The number of piperidine rings is 1. The summed E-state index contributed by atoms with van der Waals surface area (Å²) in [5, 5.41) is 4.48. The Hall–Kier alpha value is -1.23. The molecular formula is C17H21ClFN3. The number of rotatable bonds is 2. The van der Waals surface area contributed by atoms with Crippen LogP contribution in [-0.2, 0) is 6.54 Å². The molecule has 0 bridgehead atoms. The minimum atomic E-state index is -0.164. The molecule has 1 N–H and O–H groups in total. The van der Waals surface area contributed by atoms with Gasteiger partial charge in [0.05, 0.1) is 5.52 Å². The number of nitrogens with zero attached hydrogens (tertiary/aromatic N) is 2. The fourth-order valence-corrected chi connectivity index (χ4v) is 3.86. The molecule has 0 spiro atoms. The second-order valence-corrected chi connectivity index (χ2v) is 6.27. The lowest BCUT2D eigenvalue weighted by molar-refractivity contribution is 0.156. The van der Waals surface area contributed by atoms with E-state index in [-0.39, 0.29) is 18.2 Å². The monoisotopic (exact) mass is 321 g/mol. The summed E-state index contributed by atoms with van der Waals surface area (Å²) in [7, 11) is 0. The van der Waals surface area contributed by atoms with E-state index >= 15 is 0 Å². The van der Waals surface area contributed by atoms with Crippen molar-refractivity contribution in [2.45, 2.75) is 25.4 Å². The fourth-order valence-electron chi connectivity index (χ4n) is 3.86. The smallest absolute Gasteiger partial charge is 0.124 e. The molecule has 0 aliphatic carbocycles. The molecule has 1 aromatic heterocycles. The summed E-state index contributed by atoms with van der Waals surface area (Å²) in [5.41, 5.74) is 1.94. The first-order valence-electron chi connectivity index (χ1n) is 7.78. The van der Waals surface area contributed by atoms with Crippen LogP contribution in [0, 0.1) is 11.7 Å². The van der Waals surface area contributed by atoms with Crippen molar-refractivity contribution in [3.05, 3.63) is 41.8 Å². The summed E-state index contributed by atoms with van der Waals surface area (Å²) < 4.78 is 13.8. The van der Waals surface area contributed by atoms with Gasteiger partial charge < -0.3 is 5.32 Å². The van der Waals surface area contributed by atoms with Crippen molar-refractivity contribution >= 4 is 23.3 Å². The van der Waals surface area contributed by atoms with Crippen LogP contribution in [0.1, 0.15) is 18.4 Å². The first kappa shape index (κ1) is 15.7. The van der Waals surface area contributed by atoms with Crippen molar-refractivity contribution in [2.75, 3.05) is 19.6 Å². The molecule has 22 heavy (non-hydrogen) atoms. The Morgan fingerprint density at radius 1 is 1.32 bits per heavy atom.